The van der Waals surface area contributed by atoms with Crippen molar-refractivity contribution in [3.8, 4) is 0 Å². The van der Waals surface area contributed by atoms with Gasteiger partial charge in [0, 0.05) is 18.8 Å². The molecule has 0 aliphatic carbocycles. The lowest BCUT2D eigenvalue weighted by Gasteiger charge is -2.01. The van der Waals surface area contributed by atoms with Crippen molar-refractivity contribution in [1.82, 2.24) is 0 Å². The van der Waals surface area contributed by atoms with Crippen molar-refractivity contribution in [2.75, 3.05) is 13.2 Å². The Morgan fingerprint density at radius 2 is 2.00 bits per heavy atom. The van der Waals surface area contributed by atoms with E-state index in [-0.39, 0.29) is 0 Å². The lowest BCUT2D eigenvalue weighted by molar-refractivity contribution is -0.132. The minimum absolute atomic E-state index is 0.415. The molecule has 0 saturated heterocycles. The molecule has 0 aromatic carbocycles. The first-order valence-electron chi connectivity index (χ1n) is 5.16. The smallest absolute Gasteiger partial charge is 0.330 e. The van der Waals surface area contributed by atoms with E-state index in [9.17, 15) is 4.79 Å². The van der Waals surface area contributed by atoms with Crippen LogP contribution in [-0.2, 0) is 9.53 Å². The summed E-state index contributed by atoms with van der Waals surface area (Å²) in [6.45, 7) is 5.28. The summed E-state index contributed by atoms with van der Waals surface area (Å²) in [4.78, 5) is 10.4. The molecule has 0 aliphatic heterocycles. The van der Waals surface area contributed by atoms with E-state index in [0.717, 1.165) is 38.9 Å². The zero-order valence-electron chi connectivity index (χ0n) is 9.08. The van der Waals surface area contributed by atoms with Crippen molar-refractivity contribution in [1.29, 1.82) is 0 Å². The number of aliphatic carboxylic acids is 1. The topological polar surface area (TPSA) is 46.5 Å². The Labute approximate surface area is 85.8 Å². The summed E-state index contributed by atoms with van der Waals surface area (Å²) in [5, 5.41) is 8.56. The summed E-state index contributed by atoms with van der Waals surface area (Å²) in [6.07, 6.45) is 5.67. The normalized spacial score (nSPS) is 11.7. The second kappa shape index (κ2) is 8.75. The van der Waals surface area contributed by atoms with Gasteiger partial charge in [-0.2, -0.15) is 0 Å². The molecule has 0 bridgehead atoms. The van der Waals surface area contributed by atoms with Gasteiger partial charge < -0.3 is 9.84 Å². The number of carboxylic acid groups (broad SMARTS) is 1. The molecule has 0 spiro atoms. The van der Waals surface area contributed by atoms with Crippen LogP contribution < -0.4 is 0 Å². The van der Waals surface area contributed by atoms with Gasteiger partial charge in [-0.1, -0.05) is 19.4 Å². The molecule has 0 unspecified atom stereocenters. The molecule has 82 valence electrons. The monoisotopic (exact) mass is 200 g/mol. The Morgan fingerprint density at radius 3 is 2.57 bits per heavy atom. The molecule has 0 aliphatic rings. The molecule has 0 amide bonds. The summed E-state index contributed by atoms with van der Waals surface area (Å²) in [7, 11) is 0. The SMILES string of the molecule is CCCCOCCCC=C(C)C(=O)O. The quantitative estimate of drug-likeness (QED) is 0.484. The van der Waals surface area contributed by atoms with Crippen LogP contribution >= 0.6 is 0 Å². The predicted octanol–water partition coefficient (Wildman–Crippen LogP) is 2.61. The van der Waals surface area contributed by atoms with Gasteiger partial charge in [0.1, 0.15) is 0 Å². The molecule has 0 radical (unpaired) electrons. The maximum absolute atomic E-state index is 10.4. The number of allylic oxidation sites excluding steroid dienone is 1. The van der Waals surface area contributed by atoms with Gasteiger partial charge in [-0.05, 0) is 26.2 Å². The van der Waals surface area contributed by atoms with E-state index in [2.05, 4.69) is 6.92 Å². The van der Waals surface area contributed by atoms with Crippen molar-refractivity contribution < 1.29 is 14.6 Å². The molecular formula is C11H20O3. The number of hydrogen-bond donors (Lipinski definition) is 1. The van der Waals surface area contributed by atoms with Gasteiger partial charge in [-0.3, -0.25) is 0 Å². The lowest BCUT2D eigenvalue weighted by atomic mass is 10.2. The van der Waals surface area contributed by atoms with Crippen LogP contribution in [0.2, 0.25) is 0 Å². The van der Waals surface area contributed by atoms with Crippen molar-refractivity contribution in [3.05, 3.63) is 11.6 Å². The number of rotatable bonds is 8. The van der Waals surface area contributed by atoms with Gasteiger partial charge in [-0.25, -0.2) is 4.79 Å². The standard InChI is InChI=1S/C11H20O3/c1-3-4-8-14-9-6-5-7-10(2)11(12)13/h7H,3-6,8-9H2,1-2H3,(H,12,13). The summed E-state index contributed by atoms with van der Waals surface area (Å²) < 4.78 is 5.34. The van der Waals surface area contributed by atoms with E-state index in [0.29, 0.717) is 5.57 Å². The maximum atomic E-state index is 10.4. The fraction of sp³-hybridized carbons (Fsp3) is 0.727. The first-order valence-corrected chi connectivity index (χ1v) is 5.16. The fourth-order valence-corrected chi connectivity index (χ4v) is 0.940. The molecule has 0 saturated carbocycles. The van der Waals surface area contributed by atoms with Crippen LogP contribution in [0.25, 0.3) is 0 Å². The predicted molar refractivity (Wildman–Crippen MR) is 56.4 cm³/mol. The van der Waals surface area contributed by atoms with Crippen LogP contribution in [0.1, 0.15) is 39.5 Å². The van der Waals surface area contributed by atoms with Crippen LogP contribution in [0.3, 0.4) is 0 Å². The molecule has 0 atom stereocenters. The molecule has 0 aromatic heterocycles. The number of unbranched alkanes of at least 4 members (excludes halogenated alkanes) is 2. The Bertz CT molecular complexity index is 185. The highest BCUT2D eigenvalue weighted by Crippen LogP contribution is 1.99. The molecule has 14 heavy (non-hydrogen) atoms. The largest absolute Gasteiger partial charge is 0.478 e. The minimum atomic E-state index is -0.836. The summed E-state index contributed by atoms with van der Waals surface area (Å²) >= 11 is 0. The highest BCUT2D eigenvalue weighted by Gasteiger charge is 1.97. The number of carbonyl (C=O) groups is 1. The maximum Gasteiger partial charge on any atom is 0.330 e. The zero-order valence-corrected chi connectivity index (χ0v) is 9.08. The molecule has 0 heterocycles. The van der Waals surface area contributed by atoms with E-state index in [1.54, 1.807) is 13.0 Å². The van der Waals surface area contributed by atoms with Crippen LogP contribution in [0.4, 0.5) is 0 Å². The highest BCUT2D eigenvalue weighted by atomic mass is 16.5. The van der Waals surface area contributed by atoms with Crippen LogP contribution in [0.15, 0.2) is 11.6 Å². The summed E-state index contributed by atoms with van der Waals surface area (Å²) in [5.41, 5.74) is 0.415. The average molecular weight is 200 g/mol. The van der Waals surface area contributed by atoms with E-state index in [1.165, 1.54) is 0 Å². The van der Waals surface area contributed by atoms with Crippen molar-refractivity contribution in [2.24, 2.45) is 0 Å². The fourth-order valence-electron chi connectivity index (χ4n) is 0.940. The van der Waals surface area contributed by atoms with Gasteiger partial charge in [0.05, 0.1) is 0 Å². The van der Waals surface area contributed by atoms with E-state index >= 15 is 0 Å². The van der Waals surface area contributed by atoms with Crippen molar-refractivity contribution >= 4 is 5.97 Å². The number of carboxylic acids is 1. The first kappa shape index (κ1) is 13.2. The van der Waals surface area contributed by atoms with Crippen LogP contribution in [-0.4, -0.2) is 24.3 Å². The van der Waals surface area contributed by atoms with Gasteiger partial charge in [0.2, 0.25) is 0 Å². The Balaban J connectivity index is 3.29. The molecule has 3 nitrogen and oxygen atoms in total. The molecule has 0 aromatic rings. The van der Waals surface area contributed by atoms with Gasteiger partial charge >= 0.3 is 5.97 Å². The third-order valence-corrected chi connectivity index (χ3v) is 1.92. The molecular weight excluding hydrogens is 180 g/mol. The van der Waals surface area contributed by atoms with Crippen molar-refractivity contribution in [2.45, 2.75) is 39.5 Å². The molecule has 0 rings (SSSR count). The van der Waals surface area contributed by atoms with Crippen LogP contribution in [0.5, 0.6) is 0 Å². The Kier molecular flexibility index (Phi) is 8.24. The highest BCUT2D eigenvalue weighted by molar-refractivity contribution is 5.85. The second-order valence-electron chi connectivity index (χ2n) is 3.30. The summed E-state index contributed by atoms with van der Waals surface area (Å²) in [5.74, 6) is -0.836. The Hall–Kier alpha value is -0.830. The molecule has 0 fully saturated rings. The number of ether oxygens (including phenoxy) is 1. The third-order valence-electron chi connectivity index (χ3n) is 1.92. The lowest BCUT2D eigenvalue weighted by Crippen LogP contribution is -1.98. The molecule has 3 heteroatoms. The van der Waals surface area contributed by atoms with E-state index < -0.39 is 5.97 Å². The minimum Gasteiger partial charge on any atom is -0.478 e. The first-order chi connectivity index (χ1) is 6.68. The summed E-state index contributed by atoms with van der Waals surface area (Å²) in [6, 6.07) is 0. The van der Waals surface area contributed by atoms with Gasteiger partial charge in [0.25, 0.3) is 0 Å². The zero-order chi connectivity index (χ0) is 10.8. The average Bonchev–Trinajstić information content (AvgIpc) is 2.16. The third kappa shape index (κ3) is 7.80. The van der Waals surface area contributed by atoms with Gasteiger partial charge in [-0.15, -0.1) is 0 Å². The Morgan fingerprint density at radius 1 is 1.36 bits per heavy atom. The van der Waals surface area contributed by atoms with E-state index in [1.807, 2.05) is 0 Å². The van der Waals surface area contributed by atoms with Crippen LogP contribution in [0, 0.1) is 0 Å². The number of hydrogen-bond acceptors (Lipinski definition) is 2. The van der Waals surface area contributed by atoms with Gasteiger partial charge in [0.15, 0.2) is 0 Å². The van der Waals surface area contributed by atoms with E-state index in [4.69, 9.17) is 9.84 Å². The van der Waals surface area contributed by atoms with Crippen molar-refractivity contribution in [3.63, 3.8) is 0 Å². The second-order valence-corrected chi connectivity index (χ2v) is 3.30. The molecule has 1 N–H and O–H groups in total.